The Labute approximate surface area is 63.8 Å². The van der Waals surface area contributed by atoms with Gasteiger partial charge in [0.1, 0.15) is 5.78 Å². The minimum absolute atomic E-state index is 0.390. The quantitative estimate of drug-likeness (QED) is 0.589. The molecule has 0 saturated heterocycles. The largest absolute Gasteiger partial charge is 0.300 e. The van der Waals surface area contributed by atoms with Crippen molar-refractivity contribution < 1.29 is 4.79 Å². The van der Waals surface area contributed by atoms with E-state index < -0.39 is 0 Å². The molecule has 0 spiro atoms. The van der Waals surface area contributed by atoms with Crippen LogP contribution >= 0.6 is 0 Å². The Hall–Kier alpha value is -0.330. The SMILES string of the molecule is CCC(=O)C[C@@H](C)C(C)C. The van der Waals surface area contributed by atoms with Crippen molar-refractivity contribution in [1.82, 2.24) is 0 Å². The maximum Gasteiger partial charge on any atom is 0.132 e. The van der Waals surface area contributed by atoms with Gasteiger partial charge in [-0.2, -0.15) is 0 Å². The Balaban J connectivity index is 3.57. The molecule has 60 valence electrons. The molecule has 0 amide bonds. The van der Waals surface area contributed by atoms with E-state index in [9.17, 15) is 4.79 Å². The van der Waals surface area contributed by atoms with Crippen LogP contribution in [0.3, 0.4) is 0 Å². The lowest BCUT2D eigenvalue weighted by molar-refractivity contribution is -0.119. The van der Waals surface area contributed by atoms with E-state index in [-0.39, 0.29) is 0 Å². The van der Waals surface area contributed by atoms with Crippen LogP contribution < -0.4 is 0 Å². The number of rotatable bonds is 4. The molecule has 0 aliphatic carbocycles. The summed E-state index contributed by atoms with van der Waals surface area (Å²) in [4.78, 5) is 10.9. The molecule has 0 N–H and O–H groups in total. The van der Waals surface area contributed by atoms with E-state index in [1.807, 2.05) is 6.92 Å². The normalized spacial score (nSPS) is 13.7. The molecule has 0 aromatic rings. The molecule has 0 unspecified atom stereocenters. The number of hydrogen-bond acceptors (Lipinski definition) is 1. The first-order chi connectivity index (χ1) is 4.57. The molecule has 0 aliphatic rings. The fourth-order valence-corrected chi connectivity index (χ4v) is 0.739. The second-order valence-corrected chi connectivity index (χ2v) is 3.32. The first kappa shape index (κ1) is 9.67. The predicted octanol–water partition coefficient (Wildman–Crippen LogP) is 2.65. The van der Waals surface area contributed by atoms with Gasteiger partial charge in [0.15, 0.2) is 0 Å². The summed E-state index contributed by atoms with van der Waals surface area (Å²) in [5, 5.41) is 0. The first-order valence-corrected chi connectivity index (χ1v) is 4.09. The van der Waals surface area contributed by atoms with E-state index in [1.165, 1.54) is 0 Å². The maximum absolute atomic E-state index is 10.9. The highest BCUT2D eigenvalue weighted by Gasteiger charge is 2.10. The molecule has 0 radical (unpaired) electrons. The lowest BCUT2D eigenvalue weighted by Gasteiger charge is -2.13. The lowest BCUT2D eigenvalue weighted by Crippen LogP contribution is -2.09. The summed E-state index contributed by atoms with van der Waals surface area (Å²) in [5.74, 6) is 1.57. The molecule has 0 aromatic carbocycles. The minimum Gasteiger partial charge on any atom is -0.300 e. The third-order valence-electron chi connectivity index (χ3n) is 2.08. The fraction of sp³-hybridized carbons (Fsp3) is 0.889. The van der Waals surface area contributed by atoms with E-state index in [4.69, 9.17) is 0 Å². The molecule has 0 rings (SSSR count). The van der Waals surface area contributed by atoms with Gasteiger partial charge < -0.3 is 0 Å². The molecule has 1 heteroatoms. The lowest BCUT2D eigenvalue weighted by atomic mass is 9.92. The van der Waals surface area contributed by atoms with Crippen LogP contribution in [0.2, 0.25) is 0 Å². The Morgan fingerprint density at radius 1 is 1.30 bits per heavy atom. The molecule has 0 bridgehead atoms. The topological polar surface area (TPSA) is 17.1 Å². The number of carbonyl (C=O) groups is 1. The van der Waals surface area contributed by atoms with Crippen LogP contribution in [0.25, 0.3) is 0 Å². The predicted molar refractivity (Wildman–Crippen MR) is 43.9 cm³/mol. The summed E-state index contributed by atoms with van der Waals surface area (Å²) in [7, 11) is 0. The maximum atomic E-state index is 10.9. The Morgan fingerprint density at radius 2 is 1.80 bits per heavy atom. The van der Waals surface area contributed by atoms with Crippen molar-refractivity contribution in [3.63, 3.8) is 0 Å². The van der Waals surface area contributed by atoms with Gasteiger partial charge in [-0.15, -0.1) is 0 Å². The number of ketones is 1. The van der Waals surface area contributed by atoms with E-state index >= 15 is 0 Å². The number of hydrogen-bond donors (Lipinski definition) is 0. The molecular weight excluding hydrogens is 124 g/mol. The van der Waals surface area contributed by atoms with Crippen molar-refractivity contribution >= 4 is 5.78 Å². The van der Waals surface area contributed by atoms with Crippen molar-refractivity contribution in [1.29, 1.82) is 0 Å². The molecule has 0 heterocycles. The summed E-state index contributed by atoms with van der Waals surface area (Å²) < 4.78 is 0. The second-order valence-electron chi connectivity index (χ2n) is 3.32. The van der Waals surface area contributed by atoms with Gasteiger partial charge in [-0.3, -0.25) is 4.79 Å². The van der Waals surface area contributed by atoms with Gasteiger partial charge in [-0.25, -0.2) is 0 Å². The summed E-state index contributed by atoms with van der Waals surface area (Å²) in [6, 6.07) is 0. The Bertz CT molecular complexity index is 105. The molecule has 0 aliphatic heterocycles. The average molecular weight is 142 g/mol. The third-order valence-corrected chi connectivity index (χ3v) is 2.08. The molecule has 0 fully saturated rings. The molecule has 10 heavy (non-hydrogen) atoms. The summed E-state index contributed by atoms with van der Waals surface area (Å²) in [6.07, 6.45) is 1.45. The highest BCUT2D eigenvalue weighted by molar-refractivity contribution is 5.78. The highest BCUT2D eigenvalue weighted by Crippen LogP contribution is 2.14. The zero-order chi connectivity index (χ0) is 8.15. The summed E-state index contributed by atoms with van der Waals surface area (Å²) in [6.45, 7) is 8.38. The minimum atomic E-state index is 0.390. The van der Waals surface area contributed by atoms with Crippen molar-refractivity contribution in [2.24, 2.45) is 11.8 Å². The van der Waals surface area contributed by atoms with Crippen molar-refractivity contribution in [2.45, 2.75) is 40.5 Å². The zero-order valence-corrected chi connectivity index (χ0v) is 7.48. The van der Waals surface area contributed by atoms with Gasteiger partial charge in [0.25, 0.3) is 0 Å². The van der Waals surface area contributed by atoms with Gasteiger partial charge >= 0.3 is 0 Å². The van der Waals surface area contributed by atoms with Gasteiger partial charge in [0.2, 0.25) is 0 Å². The number of Topliss-reactive ketones (excluding diaryl/α,β-unsaturated/α-hetero) is 1. The average Bonchev–Trinajstić information content (AvgIpc) is 1.87. The zero-order valence-electron chi connectivity index (χ0n) is 7.48. The Morgan fingerprint density at radius 3 is 2.10 bits per heavy atom. The van der Waals surface area contributed by atoms with Crippen molar-refractivity contribution in [3.05, 3.63) is 0 Å². The highest BCUT2D eigenvalue weighted by atomic mass is 16.1. The van der Waals surface area contributed by atoms with Gasteiger partial charge in [-0.05, 0) is 11.8 Å². The van der Waals surface area contributed by atoms with Crippen LogP contribution in [0.15, 0.2) is 0 Å². The van der Waals surface area contributed by atoms with Gasteiger partial charge in [-0.1, -0.05) is 27.7 Å². The van der Waals surface area contributed by atoms with E-state index in [1.54, 1.807) is 0 Å². The third kappa shape index (κ3) is 3.65. The molecule has 1 nitrogen and oxygen atoms in total. The van der Waals surface area contributed by atoms with Crippen molar-refractivity contribution in [2.75, 3.05) is 0 Å². The number of carbonyl (C=O) groups excluding carboxylic acids is 1. The van der Waals surface area contributed by atoms with E-state index in [0.717, 1.165) is 6.42 Å². The van der Waals surface area contributed by atoms with Gasteiger partial charge in [0, 0.05) is 12.8 Å². The van der Waals surface area contributed by atoms with Crippen molar-refractivity contribution in [3.8, 4) is 0 Å². The standard InChI is InChI=1S/C9H18O/c1-5-9(10)6-8(4)7(2)3/h7-8H,5-6H2,1-4H3/t8-/m1/s1. The molecular formula is C9H18O. The fourth-order valence-electron chi connectivity index (χ4n) is 0.739. The van der Waals surface area contributed by atoms with Crippen LogP contribution in [-0.2, 0) is 4.79 Å². The summed E-state index contributed by atoms with van der Waals surface area (Å²) >= 11 is 0. The van der Waals surface area contributed by atoms with Crippen LogP contribution in [0.1, 0.15) is 40.5 Å². The van der Waals surface area contributed by atoms with Crippen LogP contribution in [0.4, 0.5) is 0 Å². The smallest absolute Gasteiger partial charge is 0.132 e. The molecule has 1 atom stereocenters. The van der Waals surface area contributed by atoms with Gasteiger partial charge in [0.05, 0.1) is 0 Å². The van der Waals surface area contributed by atoms with E-state index in [0.29, 0.717) is 24.0 Å². The first-order valence-electron chi connectivity index (χ1n) is 4.09. The Kier molecular flexibility index (Phi) is 4.33. The van der Waals surface area contributed by atoms with Crippen LogP contribution in [0.5, 0.6) is 0 Å². The van der Waals surface area contributed by atoms with E-state index in [2.05, 4.69) is 20.8 Å². The summed E-state index contributed by atoms with van der Waals surface area (Å²) in [5.41, 5.74) is 0. The second kappa shape index (κ2) is 4.48. The molecule has 0 saturated carbocycles. The van der Waals surface area contributed by atoms with Crippen LogP contribution in [-0.4, -0.2) is 5.78 Å². The molecule has 0 aromatic heterocycles. The van der Waals surface area contributed by atoms with Crippen LogP contribution in [0, 0.1) is 11.8 Å². The monoisotopic (exact) mass is 142 g/mol.